The molecule has 3 nitrogen and oxygen atoms in total. The van der Waals surface area contributed by atoms with Crippen molar-refractivity contribution in [2.45, 2.75) is 52.4 Å². The van der Waals surface area contributed by atoms with E-state index in [-0.39, 0.29) is 17.9 Å². The fourth-order valence-electron chi connectivity index (χ4n) is 2.29. The number of aryl methyl sites for hydroxylation is 1. The van der Waals surface area contributed by atoms with Crippen LogP contribution >= 0.6 is 0 Å². The molecule has 1 aromatic rings. The second kappa shape index (κ2) is 9.87. The van der Waals surface area contributed by atoms with E-state index >= 15 is 0 Å². The van der Waals surface area contributed by atoms with Crippen molar-refractivity contribution in [3.05, 3.63) is 47.0 Å². The van der Waals surface area contributed by atoms with E-state index in [4.69, 9.17) is 0 Å². The number of nitrogens with one attached hydrogen (secondary N) is 1. The minimum atomic E-state index is -1.59. The van der Waals surface area contributed by atoms with Crippen LogP contribution in [0.15, 0.2) is 35.9 Å². The van der Waals surface area contributed by atoms with Gasteiger partial charge in [-0.15, -0.1) is 0 Å². The maximum Gasteiger partial charge on any atom is 0.269 e. The first kappa shape index (κ1) is 19.0. The second-order valence-electron chi connectivity index (χ2n) is 5.47. The molecule has 0 aliphatic carbocycles. The van der Waals surface area contributed by atoms with Gasteiger partial charge in [-0.3, -0.25) is 14.9 Å². The topological polar surface area (TPSA) is 46.2 Å². The summed E-state index contributed by atoms with van der Waals surface area (Å²) in [6.07, 6.45) is 1.24. The molecule has 1 aromatic carbocycles. The summed E-state index contributed by atoms with van der Waals surface area (Å²) in [6, 6.07) is 7.05. The Bertz CT molecular complexity index is 578. The summed E-state index contributed by atoms with van der Waals surface area (Å²) >= 11 is 0. The number of allylic oxidation sites excluding steroid dienone is 1. The van der Waals surface area contributed by atoms with Crippen molar-refractivity contribution in [3.8, 4) is 0 Å². The number of hydrogen-bond donors (Lipinski definition) is 1. The molecule has 0 unspecified atom stereocenters. The van der Waals surface area contributed by atoms with E-state index in [9.17, 15) is 18.4 Å². The molecule has 5 heteroatoms. The predicted octanol–water partition coefficient (Wildman–Crippen LogP) is 4.76. The molecule has 0 radical (unpaired) electrons. The standard InChI is InChI=1S/C18H23F2NO2/c1-3-14(17(19)20)10-5-4-6-12-16(22)21-18(23)15-11-8-7-9-13(15)2/h7-9,11H,3-6,10,12H2,1-2H3,(H,21,22,23). The van der Waals surface area contributed by atoms with Crippen LogP contribution in [0.5, 0.6) is 0 Å². The van der Waals surface area contributed by atoms with Crippen molar-refractivity contribution in [3.63, 3.8) is 0 Å². The quantitative estimate of drug-likeness (QED) is 0.701. The molecule has 1 N–H and O–H groups in total. The summed E-state index contributed by atoms with van der Waals surface area (Å²) in [6.45, 7) is 3.52. The first-order chi connectivity index (χ1) is 11.0. The number of amides is 2. The highest BCUT2D eigenvalue weighted by Crippen LogP contribution is 2.19. The number of carbonyl (C=O) groups excluding carboxylic acids is 2. The van der Waals surface area contributed by atoms with Gasteiger partial charge in [-0.1, -0.05) is 31.5 Å². The molecule has 0 saturated carbocycles. The van der Waals surface area contributed by atoms with Crippen LogP contribution in [0, 0.1) is 6.92 Å². The molecule has 0 aromatic heterocycles. The highest BCUT2D eigenvalue weighted by molar-refractivity contribution is 6.05. The first-order valence-corrected chi connectivity index (χ1v) is 7.88. The molecule has 0 atom stereocenters. The number of halogens is 2. The predicted molar refractivity (Wildman–Crippen MR) is 86.3 cm³/mol. The minimum absolute atomic E-state index is 0.184. The van der Waals surface area contributed by atoms with Crippen LogP contribution < -0.4 is 5.32 Å². The summed E-state index contributed by atoms with van der Waals surface area (Å²) in [4.78, 5) is 23.7. The maximum atomic E-state index is 12.5. The summed E-state index contributed by atoms with van der Waals surface area (Å²) in [5, 5.41) is 2.36. The van der Waals surface area contributed by atoms with E-state index in [1.807, 2.05) is 19.1 Å². The SMILES string of the molecule is CCC(CCCCCC(=O)NC(=O)c1ccccc1C)=C(F)F. The molecule has 0 aliphatic heterocycles. The summed E-state index contributed by atoms with van der Waals surface area (Å²) in [7, 11) is 0. The van der Waals surface area contributed by atoms with Crippen molar-refractivity contribution >= 4 is 11.8 Å². The van der Waals surface area contributed by atoms with Gasteiger partial charge in [0.05, 0.1) is 0 Å². The van der Waals surface area contributed by atoms with Crippen LogP contribution in [0.4, 0.5) is 8.78 Å². The smallest absolute Gasteiger partial charge is 0.269 e. The minimum Gasteiger partial charge on any atom is -0.292 e. The van der Waals surface area contributed by atoms with Gasteiger partial charge in [-0.25, -0.2) is 0 Å². The zero-order valence-electron chi connectivity index (χ0n) is 13.6. The third kappa shape index (κ3) is 6.72. The number of benzene rings is 1. The lowest BCUT2D eigenvalue weighted by molar-refractivity contribution is -0.120. The number of rotatable bonds is 8. The van der Waals surface area contributed by atoms with E-state index in [0.29, 0.717) is 37.7 Å². The monoisotopic (exact) mass is 323 g/mol. The van der Waals surface area contributed by atoms with Crippen molar-refractivity contribution in [2.75, 3.05) is 0 Å². The molecule has 0 fully saturated rings. The zero-order valence-corrected chi connectivity index (χ0v) is 13.6. The molecule has 0 aliphatic rings. The molecule has 0 spiro atoms. The lowest BCUT2D eigenvalue weighted by Gasteiger charge is -2.07. The van der Waals surface area contributed by atoms with Gasteiger partial charge in [-0.05, 0) is 49.8 Å². The van der Waals surface area contributed by atoms with E-state index < -0.39 is 12.0 Å². The lowest BCUT2D eigenvalue weighted by Crippen LogP contribution is -2.30. The van der Waals surface area contributed by atoms with Gasteiger partial charge >= 0.3 is 0 Å². The highest BCUT2D eigenvalue weighted by Gasteiger charge is 2.12. The van der Waals surface area contributed by atoms with Crippen LogP contribution in [0.1, 0.15) is 61.4 Å². The molecule has 126 valence electrons. The summed E-state index contributed by atoms with van der Waals surface area (Å²) < 4.78 is 24.9. The third-order valence-electron chi connectivity index (χ3n) is 3.72. The molecule has 1 rings (SSSR count). The molecule has 23 heavy (non-hydrogen) atoms. The fraction of sp³-hybridized carbons (Fsp3) is 0.444. The highest BCUT2D eigenvalue weighted by atomic mass is 19.3. The third-order valence-corrected chi connectivity index (χ3v) is 3.72. The average Bonchev–Trinajstić information content (AvgIpc) is 2.50. The van der Waals surface area contributed by atoms with Gasteiger partial charge < -0.3 is 0 Å². The van der Waals surface area contributed by atoms with Gasteiger partial charge in [-0.2, -0.15) is 8.78 Å². The van der Waals surface area contributed by atoms with E-state index in [2.05, 4.69) is 5.32 Å². The molecule has 2 amide bonds. The van der Waals surface area contributed by atoms with Crippen molar-refractivity contribution in [2.24, 2.45) is 0 Å². The largest absolute Gasteiger partial charge is 0.292 e. The number of carbonyl (C=O) groups is 2. The fourth-order valence-corrected chi connectivity index (χ4v) is 2.29. The Kier molecular flexibility index (Phi) is 8.16. The normalized spacial score (nSPS) is 10.3. The molecular weight excluding hydrogens is 300 g/mol. The van der Waals surface area contributed by atoms with Crippen LogP contribution in [-0.4, -0.2) is 11.8 Å². The van der Waals surface area contributed by atoms with Crippen molar-refractivity contribution in [1.29, 1.82) is 0 Å². The Morgan fingerprint density at radius 2 is 1.70 bits per heavy atom. The Labute approximate surface area is 135 Å². The van der Waals surface area contributed by atoms with Crippen LogP contribution in [-0.2, 0) is 4.79 Å². The Hall–Kier alpha value is -2.04. The molecular formula is C18H23F2NO2. The Balaban J connectivity index is 2.29. The Morgan fingerprint density at radius 3 is 2.30 bits per heavy atom. The number of unbranched alkanes of at least 4 members (excludes halogenated alkanes) is 2. The van der Waals surface area contributed by atoms with Gasteiger partial charge in [0, 0.05) is 12.0 Å². The van der Waals surface area contributed by atoms with Gasteiger partial charge in [0.15, 0.2) is 0 Å². The van der Waals surface area contributed by atoms with Gasteiger partial charge in [0.25, 0.3) is 12.0 Å². The molecule has 0 bridgehead atoms. The first-order valence-electron chi connectivity index (χ1n) is 7.88. The van der Waals surface area contributed by atoms with Gasteiger partial charge in [0.1, 0.15) is 0 Å². The summed E-state index contributed by atoms with van der Waals surface area (Å²) in [5.41, 5.74) is 1.48. The van der Waals surface area contributed by atoms with Crippen molar-refractivity contribution in [1.82, 2.24) is 5.32 Å². The number of imide groups is 1. The van der Waals surface area contributed by atoms with E-state index in [1.54, 1.807) is 19.1 Å². The number of hydrogen-bond acceptors (Lipinski definition) is 2. The van der Waals surface area contributed by atoms with Gasteiger partial charge in [0.2, 0.25) is 5.91 Å². The lowest BCUT2D eigenvalue weighted by atomic mass is 10.1. The van der Waals surface area contributed by atoms with E-state index in [0.717, 1.165) is 5.56 Å². The second-order valence-corrected chi connectivity index (χ2v) is 5.47. The van der Waals surface area contributed by atoms with Crippen LogP contribution in [0.2, 0.25) is 0 Å². The zero-order chi connectivity index (χ0) is 17.2. The van der Waals surface area contributed by atoms with E-state index in [1.165, 1.54) is 0 Å². The maximum absolute atomic E-state index is 12.5. The molecule has 0 saturated heterocycles. The van der Waals surface area contributed by atoms with Crippen LogP contribution in [0.25, 0.3) is 0 Å². The molecule has 0 heterocycles. The Morgan fingerprint density at radius 1 is 1.04 bits per heavy atom. The van der Waals surface area contributed by atoms with Crippen molar-refractivity contribution < 1.29 is 18.4 Å². The summed E-state index contributed by atoms with van der Waals surface area (Å²) in [5.74, 6) is -0.731. The average molecular weight is 323 g/mol. The van der Waals surface area contributed by atoms with Crippen LogP contribution in [0.3, 0.4) is 0 Å².